The summed E-state index contributed by atoms with van der Waals surface area (Å²) in [7, 11) is 1.55. The van der Waals surface area contributed by atoms with E-state index in [2.05, 4.69) is 10.9 Å². The molecule has 1 saturated heterocycles. The summed E-state index contributed by atoms with van der Waals surface area (Å²) in [4.78, 5) is 38.8. The lowest BCUT2D eigenvalue weighted by Crippen LogP contribution is -2.49. The Balaban J connectivity index is 1.53. The average molecular weight is 425 g/mol. The Morgan fingerprint density at radius 2 is 1.87 bits per heavy atom. The number of methoxy groups -OCH3 is 1. The lowest BCUT2D eigenvalue weighted by molar-refractivity contribution is -0.134. The van der Waals surface area contributed by atoms with Crippen molar-refractivity contribution in [1.29, 1.82) is 0 Å². The number of anilines is 1. The van der Waals surface area contributed by atoms with Crippen LogP contribution in [0.5, 0.6) is 11.5 Å². The van der Waals surface area contributed by atoms with E-state index in [1.165, 1.54) is 0 Å². The SMILES string of the molecule is COc1cccc(N2CC(C(=O)NNC(=O)C(C)Oc3cccc(C)c3C)CC2=O)c1. The van der Waals surface area contributed by atoms with Gasteiger partial charge >= 0.3 is 0 Å². The number of nitrogens with one attached hydrogen (secondary N) is 2. The molecule has 0 aromatic heterocycles. The van der Waals surface area contributed by atoms with Crippen LogP contribution >= 0.6 is 0 Å². The minimum absolute atomic E-state index is 0.0630. The summed E-state index contributed by atoms with van der Waals surface area (Å²) in [6.07, 6.45) is -0.743. The summed E-state index contributed by atoms with van der Waals surface area (Å²) < 4.78 is 10.9. The lowest BCUT2D eigenvalue weighted by atomic mass is 10.1. The number of hydrogen-bond donors (Lipinski definition) is 2. The van der Waals surface area contributed by atoms with E-state index in [1.807, 2.05) is 26.0 Å². The van der Waals surface area contributed by atoms with Crippen LogP contribution in [0.3, 0.4) is 0 Å². The van der Waals surface area contributed by atoms with Crippen LogP contribution in [0.4, 0.5) is 5.69 Å². The van der Waals surface area contributed by atoms with E-state index in [0.29, 0.717) is 17.2 Å². The highest BCUT2D eigenvalue weighted by Crippen LogP contribution is 2.28. The molecule has 3 rings (SSSR count). The summed E-state index contributed by atoms with van der Waals surface area (Å²) in [5.41, 5.74) is 7.48. The number of amides is 3. The standard InChI is InChI=1S/C23H27N3O5/c1-14-7-5-10-20(15(14)2)31-16(3)22(28)24-25-23(29)17-11-21(27)26(13-17)18-8-6-9-19(12-18)30-4/h5-10,12,16-17H,11,13H2,1-4H3,(H,24,28)(H,25,29). The molecule has 0 aliphatic carbocycles. The third-order valence-corrected chi connectivity index (χ3v) is 5.40. The van der Waals surface area contributed by atoms with Gasteiger partial charge in [-0.25, -0.2) is 0 Å². The van der Waals surface area contributed by atoms with E-state index < -0.39 is 23.8 Å². The van der Waals surface area contributed by atoms with Crippen LogP contribution in [-0.4, -0.2) is 37.5 Å². The van der Waals surface area contributed by atoms with Crippen molar-refractivity contribution in [2.75, 3.05) is 18.6 Å². The Bertz CT molecular complexity index is 991. The number of hydrazine groups is 1. The zero-order valence-corrected chi connectivity index (χ0v) is 18.1. The number of carbonyl (C=O) groups is 3. The molecule has 1 fully saturated rings. The van der Waals surface area contributed by atoms with Gasteiger partial charge in [-0.15, -0.1) is 0 Å². The molecule has 2 atom stereocenters. The molecule has 2 aromatic rings. The first-order valence-corrected chi connectivity index (χ1v) is 10.1. The molecule has 0 radical (unpaired) electrons. The Kier molecular flexibility index (Phi) is 6.79. The van der Waals surface area contributed by atoms with Gasteiger partial charge in [0.05, 0.1) is 13.0 Å². The van der Waals surface area contributed by atoms with Gasteiger partial charge in [0.25, 0.3) is 5.91 Å². The van der Waals surface area contributed by atoms with Crippen LogP contribution in [0.25, 0.3) is 0 Å². The maximum absolute atomic E-state index is 12.5. The third kappa shape index (κ3) is 5.14. The van der Waals surface area contributed by atoms with E-state index in [4.69, 9.17) is 9.47 Å². The molecule has 31 heavy (non-hydrogen) atoms. The Labute approximate surface area is 181 Å². The number of carbonyl (C=O) groups excluding carboxylic acids is 3. The lowest BCUT2D eigenvalue weighted by Gasteiger charge is -2.19. The van der Waals surface area contributed by atoms with E-state index >= 15 is 0 Å². The minimum Gasteiger partial charge on any atom is -0.497 e. The van der Waals surface area contributed by atoms with Gasteiger partial charge in [-0.1, -0.05) is 18.2 Å². The van der Waals surface area contributed by atoms with Gasteiger partial charge in [0.1, 0.15) is 11.5 Å². The monoisotopic (exact) mass is 425 g/mol. The van der Waals surface area contributed by atoms with E-state index in [0.717, 1.165) is 11.1 Å². The predicted octanol–water partition coefficient (Wildman–Crippen LogP) is 2.28. The quantitative estimate of drug-likeness (QED) is 0.692. The molecular weight excluding hydrogens is 398 g/mol. The Hall–Kier alpha value is -3.55. The molecule has 1 aliphatic rings. The Morgan fingerprint density at radius 3 is 2.61 bits per heavy atom. The molecule has 1 heterocycles. The maximum atomic E-state index is 12.5. The minimum atomic E-state index is -0.806. The summed E-state index contributed by atoms with van der Waals surface area (Å²) in [5.74, 6) is -0.401. The van der Waals surface area contributed by atoms with Gasteiger partial charge in [-0.2, -0.15) is 0 Å². The summed E-state index contributed by atoms with van der Waals surface area (Å²) in [6.45, 7) is 5.71. The average Bonchev–Trinajstić information content (AvgIpc) is 3.16. The molecule has 1 aliphatic heterocycles. The van der Waals surface area contributed by atoms with E-state index in [1.54, 1.807) is 49.3 Å². The predicted molar refractivity (Wildman–Crippen MR) is 116 cm³/mol. The molecule has 8 nitrogen and oxygen atoms in total. The van der Waals surface area contributed by atoms with Crippen molar-refractivity contribution in [3.8, 4) is 11.5 Å². The number of hydrogen-bond acceptors (Lipinski definition) is 5. The van der Waals surface area contributed by atoms with Gasteiger partial charge < -0.3 is 14.4 Å². The summed E-state index contributed by atoms with van der Waals surface area (Å²) >= 11 is 0. The highest BCUT2D eigenvalue weighted by Gasteiger charge is 2.35. The molecule has 8 heteroatoms. The highest BCUT2D eigenvalue weighted by molar-refractivity contribution is 6.00. The molecular formula is C23H27N3O5. The second kappa shape index (κ2) is 9.51. The van der Waals surface area contributed by atoms with Crippen molar-refractivity contribution in [2.45, 2.75) is 33.3 Å². The van der Waals surface area contributed by atoms with Crippen molar-refractivity contribution >= 4 is 23.4 Å². The van der Waals surface area contributed by atoms with Gasteiger partial charge in [-0.3, -0.25) is 25.2 Å². The fraction of sp³-hybridized carbons (Fsp3) is 0.348. The zero-order chi connectivity index (χ0) is 22.5. The smallest absolute Gasteiger partial charge is 0.279 e. The van der Waals surface area contributed by atoms with Crippen LogP contribution in [0.1, 0.15) is 24.5 Å². The number of nitrogens with zero attached hydrogens (tertiary/aromatic N) is 1. The number of benzene rings is 2. The maximum Gasteiger partial charge on any atom is 0.279 e. The van der Waals surface area contributed by atoms with Gasteiger partial charge in [-0.05, 0) is 50.1 Å². The van der Waals surface area contributed by atoms with E-state index in [-0.39, 0.29) is 18.9 Å². The molecule has 0 spiro atoms. The molecule has 3 amide bonds. The largest absolute Gasteiger partial charge is 0.497 e. The molecule has 0 bridgehead atoms. The fourth-order valence-electron chi connectivity index (χ4n) is 3.33. The van der Waals surface area contributed by atoms with Crippen LogP contribution < -0.4 is 25.2 Å². The second-order valence-electron chi connectivity index (χ2n) is 7.54. The molecule has 164 valence electrons. The van der Waals surface area contributed by atoms with Crippen molar-refractivity contribution < 1.29 is 23.9 Å². The normalized spacial score (nSPS) is 16.6. The number of ether oxygens (including phenoxy) is 2. The third-order valence-electron chi connectivity index (χ3n) is 5.40. The Morgan fingerprint density at radius 1 is 1.13 bits per heavy atom. The van der Waals surface area contributed by atoms with Gasteiger partial charge in [0.15, 0.2) is 6.10 Å². The summed E-state index contributed by atoms with van der Waals surface area (Å²) in [6, 6.07) is 12.7. The second-order valence-corrected chi connectivity index (χ2v) is 7.54. The zero-order valence-electron chi connectivity index (χ0n) is 18.1. The van der Waals surface area contributed by atoms with Crippen molar-refractivity contribution in [2.24, 2.45) is 5.92 Å². The van der Waals surface area contributed by atoms with Crippen molar-refractivity contribution in [3.63, 3.8) is 0 Å². The first kappa shape index (κ1) is 22.1. The molecule has 2 aromatic carbocycles. The number of aryl methyl sites for hydroxylation is 1. The fourth-order valence-corrected chi connectivity index (χ4v) is 3.33. The van der Waals surface area contributed by atoms with Gasteiger partial charge in [0.2, 0.25) is 11.8 Å². The summed E-state index contributed by atoms with van der Waals surface area (Å²) in [5, 5.41) is 0. The van der Waals surface area contributed by atoms with Crippen LogP contribution in [0.2, 0.25) is 0 Å². The molecule has 2 N–H and O–H groups in total. The van der Waals surface area contributed by atoms with Crippen LogP contribution in [-0.2, 0) is 14.4 Å². The van der Waals surface area contributed by atoms with Crippen LogP contribution in [0.15, 0.2) is 42.5 Å². The topological polar surface area (TPSA) is 97.0 Å². The van der Waals surface area contributed by atoms with Crippen molar-refractivity contribution in [3.05, 3.63) is 53.6 Å². The van der Waals surface area contributed by atoms with Crippen molar-refractivity contribution in [1.82, 2.24) is 10.9 Å². The van der Waals surface area contributed by atoms with Gasteiger partial charge in [0, 0.05) is 24.7 Å². The number of rotatable bonds is 6. The molecule has 0 saturated carbocycles. The highest BCUT2D eigenvalue weighted by atomic mass is 16.5. The molecule has 2 unspecified atom stereocenters. The first-order valence-electron chi connectivity index (χ1n) is 10.1. The van der Waals surface area contributed by atoms with Crippen LogP contribution in [0, 0.1) is 19.8 Å². The first-order chi connectivity index (χ1) is 14.8. The van der Waals surface area contributed by atoms with E-state index in [9.17, 15) is 14.4 Å².